The lowest BCUT2D eigenvalue weighted by atomic mass is 10.0. The summed E-state index contributed by atoms with van der Waals surface area (Å²) < 4.78 is 10.7. The number of ether oxygens (including phenoxy) is 1. The van der Waals surface area contributed by atoms with Crippen LogP contribution in [0, 0.1) is 5.92 Å². The molecule has 0 radical (unpaired) electrons. The first kappa shape index (κ1) is 23.6. The van der Waals surface area contributed by atoms with Gasteiger partial charge in [0.1, 0.15) is 22.9 Å². The van der Waals surface area contributed by atoms with E-state index in [2.05, 4.69) is 11.9 Å². The Hall–Kier alpha value is -4.53. The standard InChI is InChI=1S/C26H22N2O7/c1-4-11-27-22(29)19-12-15-9-10-16(13-20(15)35-25(19)32)34-26(33)21(14(2)3)28-23(30)17-7-5-6-8-18(17)24(28)31/h4-10,12-14,21H,1,11H2,2-3H3,(H,27,29). The van der Waals surface area contributed by atoms with Crippen LogP contribution >= 0.6 is 0 Å². The van der Waals surface area contributed by atoms with E-state index in [1.807, 2.05) is 0 Å². The van der Waals surface area contributed by atoms with E-state index < -0.39 is 41.3 Å². The molecule has 35 heavy (non-hydrogen) atoms. The fourth-order valence-electron chi connectivity index (χ4n) is 3.89. The molecule has 1 aliphatic rings. The van der Waals surface area contributed by atoms with Crippen LogP contribution in [0.15, 0.2) is 70.4 Å². The Morgan fingerprint density at radius 3 is 2.31 bits per heavy atom. The van der Waals surface area contributed by atoms with Crippen molar-refractivity contribution in [2.24, 2.45) is 5.92 Å². The highest BCUT2D eigenvalue weighted by Crippen LogP contribution is 2.29. The quantitative estimate of drug-likeness (QED) is 0.184. The van der Waals surface area contributed by atoms with E-state index in [1.165, 1.54) is 42.5 Å². The van der Waals surface area contributed by atoms with E-state index in [0.29, 0.717) is 5.39 Å². The summed E-state index contributed by atoms with van der Waals surface area (Å²) in [4.78, 5) is 64.2. The molecule has 0 fully saturated rings. The van der Waals surface area contributed by atoms with Crippen molar-refractivity contribution in [2.75, 3.05) is 6.54 Å². The summed E-state index contributed by atoms with van der Waals surface area (Å²) in [5.74, 6) is -2.91. The van der Waals surface area contributed by atoms with E-state index in [-0.39, 0.29) is 34.6 Å². The van der Waals surface area contributed by atoms with Gasteiger partial charge in [0.15, 0.2) is 0 Å². The first-order chi connectivity index (χ1) is 16.7. The second kappa shape index (κ2) is 9.38. The number of hydrogen-bond donors (Lipinski definition) is 1. The van der Waals surface area contributed by atoms with Gasteiger partial charge in [-0.3, -0.25) is 19.3 Å². The van der Waals surface area contributed by atoms with Gasteiger partial charge in [-0.05, 0) is 36.2 Å². The maximum absolute atomic E-state index is 13.1. The van der Waals surface area contributed by atoms with Crippen molar-refractivity contribution in [1.29, 1.82) is 0 Å². The summed E-state index contributed by atoms with van der Waals surface area (Å²) >= 11 is 0. The van der Waals surface area contributed by atoms with E-state index in [0.717, 1.165) is 4.90 Å². The average Bonchev–Trinajstić information content (AvgIpc) is 3.07. The monoisotopic (exact) mass is 474 g/mol. The van der Waals surface area contributed by atoms with Gasteiger partial charge < -0.3 is 14.5 Å². The van der Waals surface area contributed by atoms with Crippen molar-refractivity contribution in [3.8, 4) is 5.75 Å². The molecule has 0 aliphatic carbocycles. The van der Waals surface area contributed by atoms with Crippen molar-refractivity contribution in [2.45, 2.75) is 19.9 Å². The molecule has 0 saturated carbocycles. The zero-order valence-corrected chi connectivity index (χ0v) is 19.1. The van der Waals surface area contributed by atoms with Crippen LogP contribution in [0.1, 0.15) is 44.9 Å². The summed E-state index contributed by atoms with van der Waals surface area (Å²) in [6, 6.07) is 10.9. The van der Waals surface area contributed by atoms with E-state index in [9.17, 15) is 24.0 Å². The van der Waals surface area contributed by atoms with Gasteiger partial charge in [-0.25, -0.2) is 9.59 Å². The SMILES string of the molecule is C=CCNC(=O)c1cc2ccc(OC(=O)C(C(C)C)N3C(=O)c4ccccc4C3=O)cc2oc1=O. The van der Waals surface area contributed by atoms with Crippen LogP contribution in [0.2, 0.25) is 0 Å². The number of carbonyl (C=O) groups is 4. The molecule has 1 N–H and O–H groups in total. The molecule has 1 aliphatic heterocycles. The Balaban J connectivity index is 1.60. The predicted octanol–water partition coefficient (Wildman–Crippen LogP) is 2.94. The molecule has 0 spiro atoms. The molecule has 0 bridgehead atoms. The highest BCUT2D eigenvalue weighted by atomic mass is 16.5. The van der Waals surface area contributed by atoms with Crippen LogP contribution in [-0.4, -0.2) is 41.2 Å². The van der Waals surface area contributed by atoms with Crippen molar-refractivity contribution < 1.29 is 28.3 Å². The fourth-order valence-corrected chi connectivity index (χ4v) is 3.89. The molecular weight excluding hydrogens is 452 g/mol. The predicted molar refractivity (Wildman–Crippen MR) is 126 cm³/mol. The van der Waals surface area contributed by atoms with Gasteiger partial charge in [-0.15, -0.1) is 6.58 Å². The van der Waals surface area contributed by atoms with Crippen LogP contribution < -0.4 is 15.7 Å². The molecule has 3 aromatic rings. The van der Waals surface area contributed by atoms with Crippen molar-refractivity contribution >= 4 is 34.7 Å². The Morgan fingerprint density at radius 2 is 1.71 bits per heavy atom. The fraction of sp³-hybridized carbons (Fsp3) is 0.192. The Kier molecular flexibility index (Phi) is 6.33. The Labute approximate surface area is 200 Å². The van der Waals surface area contributed by atoms with Gasteiger partial charge in [-0.1, -0.05) is 32.1 Å². The molecule has 0 saturated heterocycles. The van der Waals surface area contributed by atoms with Crippen LogP contribution in [-0.2, 0) is 4.79 Å². The van der Waals surface area contributed by atoms with Crippen molar-refractivity contribution in [3.05, 3.63) is 88.3 Å². The molecule has 2 aromatic carbocycles. The molecule has 2 heterocycles. The third-order valence-electron chi connectivity index (χ3n) is 5.55. The summed E-state index contributed by atoms with van der Waals surface area (Å²) in [6.45, 7) is 7.10. The lowest BCUT2D eigenvalue weighted by Gasteiger charge is -2.27. The van der Waals surface area contributed by atoms with E-state index in [4.69, 9.17) is 9.15 Å². The minimum atomic E-state index is -1.17. The van der Waals surface area contributed by atoms with E-state index in [1.54, 1.807) is 26.0 Å². The molecule has 178 valence electrons. The number of carbonyl (C=O) groups excluding carboxylic acids is 4. The third-order valence-corrected chi connectivity index (χ3v) is 5.55. The minimum Gasteiger partial charge on any atom is -0.425 e. The number of hydrogen-bond acceptors (Lipinski definition) is 7. The first-order valence-electron chi connectivity index (χ1n) is 10.9. The van der Waals surface area contributed by atoms with Gasteiger partial charge in [0, 0.05) is 18.0 Å². The lowest BCUT2D eigenvalue weighted by Crippen LogP contribution is -2.49. The van der Waals surface area contributed by atoms with Crippen LogP contribution in [0.25, 0.3) is 11.0 Å². The number of nitrogens with zero attached hydrogens (tertiary/aromatic N) is 1. The van der Waals surface area contributed by atoms with Crippen LogP contribution in [0.5, 0.6) is 5.75 Å². The molecular formula is C26H22N2O7. The second-order valence-corrected chi connectivity index (χ2v) is 8.28. The molecule has 4 rings (SSSR count). The highest BCUT2D eigenvalue weighted by molar-refractivity contribution is 6.22. The van der Waals surface area contributed by atoms with Crippen LogP contribution in [0.3, 0.4) is 0 Å². The molecule has 9 heteroatoms. The van der Waals surface area contributed by atoms with E-state index >= 15 is 0 Å². The topological polar surface area (TPSA) is 123 Å². The molecule has 9 nitrogen and oxygen atoms in total. The summed E-state index contributed by atoms with van der Waals surface area (Å²) in [5.41, 5.74) is -0.460. The summed E-state index contributed by atoms with van der Waals surface area (Å²) in [6.07, 6.45) is 1.48. The Bertz CT molecular complexity index is 1400. The zero-order chi connectivity index (χ0) is 25.3. The lowest BCUT2D eigenvalue weighted by molar-refractivity contribution is -0.140. The summed E-state index contributed by atoms with van der Waals surface area (Å²) in [7, 11) is 0. The Morgan fingerprint density at radius 1 is 1.06 bits per heavy atom. The molecule has 1 unspecified atom stereocenters. The summed E-state index contributed by atoms with van der Waals surface area (Å²) in [5, 5.41) is 2.95. The largest absolute Gasteiger partial charge is 0.425 e. The van der Waals surface area contributed by atoms with Gasteiger partial charge >= 0.3 is 11.6 Å². The normalized spacial score (nSPS) is 13.6. The molecule has 3 amide bonds. The number of rotatable bonds is 7. The maximum Gasteiger partial charge on any atom is 0.349 e. The van der Waals surface area contributed by atoms with Gasteiger partial charge in [0.05, 0.1) is 11.1 Å². The van der Waals surface area contributed by atoms with Crippen molar-refractivity contribution in [3.63, 3.8) is 0 Å². The zero-order valence-electron chi connectivity index (χ0n) is 19.1. The van der Waals surface area contributed by atoms with Gasteiger partial charge in [0.2, 0.25) is 0 Å². The van der Waals surface area contributed by atoms with Crippen molar-refractivity contribution in [1.82, 2.24) is 10.2 Å². The van der Waals surface area contributed by atoms with Crippen LogP contribution in [0.4, 0.5) is 0 Å². The second-order valence-electron chi connectivity index (χ2n) is 8.28. The average molecular weight is 474 g/mol. The number of fused-ring (bicyclic) bond motifs is 2. The number of amides is 3. The molecule has 1 aromatic heterocycles. The number of benzene rings is 2. The maximum atomic E-state index is 13.1. The smallest absolute Gasteiger partial charge is 0.349 e. The van der Waals surface area contributed by atoms with Gasteiger partial charge in [-0.2, -0.15) is 0 Å². The minimum absolute atomic E-state index is 0.0526. The molecule has 1 atom stereocenters. The number of nitrogens with one attached hydrogen (secondary N) is 1. The number of imide groups is 1. The third kappa shape index (κ3) is 4.35. The van der Waals surface area contributed by atoms with Gasteiger partial charge in [0.25, 0.3) is 17.7 Å². The first-order valence-corrected chi connectivity index (χ1v) is 10.9. The highest BCUT2D eigenvalue weighted by Gasteiger charge is 2.44. The number of esters is 1.